The van der Waals surface area contributed by atoms with Crippen molar-refractivity contribution in [2.24, 2.45) is 7.05 Å². The fourth-order valence-corrected chi connectivity index (χ4v) is 4.58. The summed E-state index contributed by atoms with van der Waals surface area (Å²) in [5.41, 5.74) is 3.86. The number of amides is 3. The Labute approximate surface area is 201 Å². The van der Waals surface area contributed by atoms with Crippen molar-refractivity contribution in [3.8, 4) is 11.4 Å². The number of hydrogen-bond acceptors (Lipinski definition) is 7. The van der Waals surface area contributed by atoms with E-state index in [0.29, 0.717) is 37.2 Å². The van der Waals surface area contributed by atoms with Crippen LogP contribution in [0.25, 0.3) is 11.4 Å². The first-order valence-electron chi connectivity index (χ1n) is 11.4. The number of nitrogens with one attached hydrogen (secondary N) is 3. The number of aliphatic hydroxyl groups is 2. The molecule has 3 atom stereocenters. The smallest absolute Gasteiger partial charge is 0.319 e. The number of urea groups is 1. The lowest BCUT2D eigenvalue weighted by atomic mass is 10.0. The van der Waals surface area contributed by atoms with Gasteiger partial charge in [-0.05, 0) is 54.3 Å². The van der Waals surface area contributed by atoms with Crippen LogP contribution in [0.4, 0.5) is 10.5 Å². The highest BCUT2D eigenvalue weighted by Crippen LogP contribution is 2.29. The van der Waals surface area contributed by atoms with E-state index in [2.05, 4.69) is 26.1 Å². The molecule has 0 aliphatic carbocycles. The van der Waals surface area contributed by atoms with E-state index in [4.69, 9.17) is 0 Å². The largest absolute Gasteiger partial charge is 0.379 e. The number of fused-ring (bicyclic) bond motifs is 1. The molecule has 1 saturated heterocycles. The average molecular weight is 478 g/mol. The Hall–Kier alpha value is -3.80. The van der Waals surface area contributed by atoms with Gasteiger partial charge in [-0.25, -0.2) is 4.79 Å². The molecule has 11 heteroatoms. The van der Waals surface area contributed by atoms with Gasteiger partial charge >= 0.3 is 6.03 Å². The Balaban J connectivity index is 1.17. The van der Waals surface area contributed by atoms with Gasteiger partial charge in [0.15, 0.2) is 5.82 Å². The van der Waals surface area contributed by atoms with Crippen molar-refractivity contribution < 1.29 is 19.8 Å². The molecule has 3 unspecified atom stereocenters. The number of benzene rings is 2. The Morgan fingerprint density at radius 1 is 1.17 bits per heavy atom. The van der Waals surface area contributed by atoms with Crippen molar-refractivity contribution in [1.29, 1.82) is 0 Å². The quantitative estimate of drug-likeness (QED) is 0.371. The van der Waals surface area contributed by atoms with Gasteiger partial charge in [0.05, 0.1) is 6.04 Å². The fourth-order valence-electron chi connectivity index (χ4n) is 4.58. The van der Waals surface area contributed by atoms with E-state index in [0.717, 1.165) is 22.5 Å². The van der Waals surface area contributed by atoms with Crippen LogP contribution in [0.15, 0.2) is 48.8 Å². The van der Waals surface area contributed by atoms with Gasteiger partial charge < -0.3 is 30.3 Å². The van der Waals surface area contributed by atoms with E-state index in [9.17, 15) is 19.8 Å². The molecule has 35 heavy (non-hydrogen) atoms. The molecule has 2 aliphatic heterocycles. The second kappa shape index (κ2) is 9.45. The predicted molar refractivity (Wildman–Crippen MR) is 127 cm³/mol. The zero-order valence-corrected chi connectivity index (χ0v) is 19.2. The number of carbonyl (C=O) groups is 2. The molecule has 3 aromatic rings. The second-order valence-corrected chi connectivity index (χ2v) is 8.85. The third-order valence-electron chi connectivity index (χ3n) is 6.43. The average Bonchev–Trinajstić information content (AvgIpc) is 3.41. The lowest BCUT2D eigenvalue weighted by Crippen LogP contribution is -2.56. The maximum Gasteiger partial charge on any atom is 0.319 e. The van der Waals surface area contributed by atoms with E-state index < -0.39 is 18.5 Å². The lowest BCUT2D eigenvalue weighted by molar-refractivity contribution is -0.0477. The first-order valence-corrected chi connectivity index (χ1v) is 11.4. The Bertz CT molecular complexity index is 1240. The molecule has 0 bridgehead atoms. The van der Waals surface area contributed by atoms with Crippen LogP contribution in [-0.2, 0) is 20.1 Å². The highest BCUT2D eigenvalue weighted by molar-refractivity contribution is 5.98. The molecule has 1 fully saturated rings. The Kier molecular flexibility index (Phi) is 6.20. The first kappa shape index (κ1) is 23.0. The number of hydrogen-bond donors (Lipinski definition) is 5. The van der Waals surface area contributed by atoms with Gasteiger partial charge in [0.25, 0.3) is 5.91 Å². The summed E-state index contributed by atoms with van der Waals surface area (Å²) in [6.07, 6.45) is 0.874. The van der Waals surface area contributed by atoms with Gasteiger partial charge in [-0.1, -0.05) is 12.1 Å². The number of rotatable bonds is 5. The van der Waals surface area contributed by atoms with E-state index in [1.807, 2.05) is 35.9 Å². The van der Waals surface area contributed by atoms with Gasteiger partial charge in [-0.2, -0.15) is 0 Å². The number of carbonyl (C=O) groups excluding carboxylic acids is 2. The number of aromatic nitrogens is 3. The minimum atomic E-state index is -0.976. The second-order valence-electron chi connectivity index (χ2n) is 8.85. The lowest BCUT2D eigenvalue weighted by Gasteiger charge is -2.37. The maximum atomic E-state index is 12.9. The minimum absolute atomic E-state index is 0.135. The van der Waals surface area contributed by atoms with Crippen molar-refractivity contribution >= 4 is 17.6 Å². The van der Waals surface area contributed by atoms with Crippen molar-refractivity contribution in [2.75, 3.05) is 5.32 Å². The molecule has 3 heterocycles. The summed E-state index contributed by atoms with van der Waals surface area (Å²) in [6, 6.07) is 12.1. The number of piperidine rings is 1. The monoisotopic (exact) mass is 477 g/mol. The summed E-state index contributed by atoms with van der Waals surface area (Å²) < 4.78 is 1.82. The third kappa shape index (κ3) is 4.74. The molecule has 3 amide bonds. The van der Waals surface area contributed by atoms with Gasteiger partial charge in [0.2, 0.25) is 0 Å². The van der Waals surface area contributed by atoms with Crippen LogP contribution >= 0.6 is 0 Å². The zero-order valence-electron chi connectivity index (χ0n) is 19.2. The topological polar surface area (TPSA) is 145 Å². The van der Waals surface area contributed by atoms with Gasteiger partial charge in [-0.3, -0.25) is 10.1 Å². The molecule has 11 nitrogen and oxygen atoms in total. The molecular weight excluding hydrogens is 450 g/mol. The molecule has 5 rings (SSSR count). The van der Waals surface area contributed by atoms with Crippen LogP contribution in [0.1, 0.15) is 34.3 Å². The summed E-state index contributed by atoms with van der Waals surface area (Å²) in [5.74, 6) is 0.603. The molecule has 0 radical (unpaired) electrons. The van der Waals surface area contributed by atoms with Crippen LogP contribution in [-0.4, -0.2) is 60.3 Å². The van der Waals surface area contributed by atoms with E-state index in [1.165, 1.54) is 0 Å². The summed E-state index contributed by atoms with van der Waals surface area (Å²) in [7, 11) is 1.86. The zero-order chi connectivity index (χ0) is 24.5. The van der Waals surface area contributed by atoms with Crippen molar-refractivity contribution in [3.63, 3.8) is 0 Å². The number of nitrogens with zero attached hydrogens (tertiary/aromatic N) is 4. The molecule has 2 aliphatic rings. The van der Waals surface area contributed by atoms with Gasteiger partial charge in [0.1, 0.15) is 18.8 Å². The van der Waals surface area contributed by atoms with E-state index >= 15 is 0 Å². The predicted octanol–water partition coefficient (Wildman–Crippen LogP) is 1.15. The molecule has 2 aromatic carbocycles. The molecule has 0 spiro atoms. The van der Waals surface area contributed by atoms with E-state index in [1.54, 1.807) is 29.4 Å². The van der Waals surface area contributed by atoms with Crippen molar-refractivity contribution in [3.05, 3.63) is 65.5 Å². The molecule has 182 valence electrons. The van der Waals surface area contributed by atoms with Crippen molar-refractivity contribution in [2.45, 2.75) is 44.4 Å². The van der Waals surface area contributed by atoms with Crippen LogP contribution < -0.4 is 16.0 Å². The number of anilines is 1. The van der Waals surface area contributed by atoms with Crippen LogP contribution in [0.5, 0.6) is 0 Å². The minimum Gasteiger partial charge on any atom is -0.379 e. The standard InChI is InChI=1S/C24H27N7O4/c1-30-13-26-29-21(30)15-3-5-17(6-4-15)27-24(35)25-11-14-2-7-18-16(10-14)12-31(23(18)34)19-8-9-20(32)28-22(19)33/h2-7,10,13,19-20,22,28,32-33H,8-9,11-12H2,1H3,(H2,25,27,35). The number of aliphatic hydroxyl groups excluding tert-OH is 2. The maximum absolute atomic E-state index is 12.9. The fraction of sp³-hybridized carbons (Fsp3) is 0.333. The van der Waals surface area contributed by atoms with E-state index in [-0.39, 0.29) is 11.9 Å². The third-order valence-corrected chi connectivity index (χ3v) is 6.43. The first-order chi connectivity index (χ1) is 16.9. The SMILES string of the molecule is Cn1cnnc1-c1ccc(NC(=O)NCc2ccc3c(c2)CN(C2CCC(O)NC2O)C3=O)cc1. The van der Waals surface area contributed by atoms with Crippen LogP contribution in [0.2, 0.25) is 0 Å². The Morgan fingerprint density at radius 3 is 2.69 bits per heavy atom. The molecular formula is C24H27N7O4. The van der Waals surface area contributed by atoms with Gasteiger partial charge in [0, 0.05) is 37.0 Å². The van der Waals surface area contributed by atoms with Crippen molar-refractivity contribution in [1.82, 2.24) is 30.3 Å². The van der Waals surface area contributed by atoms with Crippen LogP contribution in [0, 0.1) is 0 Å². The molecule has 5 N–H and O–H groups in total. The molecule has 0 saturated carbocycles. The highest BCUT2D eigenvalue weighted by atomic mass is 16.3. The van der Waals surface area contributed by atoms with Crippen LogP contribution in [0.3, 0.4) is 0 Å². The highest BCUT2D eigenvalue weighted by Gasteiger charge is 2.38. The summed E-state index contributed by atoms with van der Waals surface area (Å²) >= 11 is 0. The normalized spacial score (nSPS) is 21.6. The summed E-state index contributed by atoms with van der Waals surface area (Å²) in [6.45, 7) is 0.676. The number of aryl methyl sites for hydroxylation is 1. The van der Waals surface area contributed by atoms with Gasteiger partial charge in [-0.15, -0.1) is 10.2 Å². The summed E-state index contributed by atoms with van der Waals surface area (Å²) in [5, 5.41) is 36.2. The summed E-state index contributed by atoms with van der Waals surface area (Å²) in [4.78, 5) is 26.9. The Morgan fingerprint density at radius 2 is 1.97 bits per heavy atom. The molecule has 1 aromatic heterocycles.